The fourth-order valence-corrected chi connectivity index (χ4v) is 3.72. The summed E-state index contributed by atoms with van der Waals surface area (Å²) in [7, 11) is 0. The molecule has 3 aliphatic carbocycles. The smallest absolute Gasteiger partial charge is 0.336 e. The van der Waals surface area contributed by atoms with Crippen LogP contribution in [-0.4, -0.2) is 11.6 Å². The van der Waals surface area contributed by atoms with Crippen LogP contribution < -0.4 is 0 Å². The van der Waals surface area contributed by atoms with E-state index in [1.807, 2.05) is 36.5 Å². The van der Waals surface area contributed by atoms with Crippen LogP contribution >= 0.6 is 0 Å². The molecule has 0 N–H and O–H groups in total. The van der Waals surface area contributed by atoms with Gasteiger partial charge in [0, 0.05) is 16.7 Å². The van der Waals surface area contributed by atoms with E-state index in [0.717, 1.165) is 24.0 Å². The molecule has 0 spiro atoms. The number of rotatable bonds is 2. The summed E-state index contributed by atoms with van der Waals surface area (Å²) in [5, 5.41) is 0. The van der Waals surface area contributed by atoms with Gasteiger partial charge in [-0.05, 0) is 12.8 Å². The first-order valence-electron chi connectivity index (χ1n) is 8.68. The first-order valence-corrected chi connectivity index (χ1v) is 8.68. The number of ether oxygens (including phenoxy) is 1. The normalized spacial score (nSPS) is 26.2. The first kappa shape index (κ1) is 15.6. The highest BCUT2D eigenvalue weighted by atomic mass is 16.6. The minimum Gasteiger partial charge on any atom is -0.445 e. The summed E-state index contributed by atoms with van der Waals surface area (Å²) in [5.41, 5.74) is 1.87. The third-order valence-corrected chi connectivity index (χ3v) is 4.88. The van der Waals surface area contributed by atoms with E-state index >= 15 is 0 Å². The summed E-state index contributed by atoms with van der Waals surface area (Å²) in [5.74, 6) is -0.397. The molecule has 1 heterocycles. The van der Waals surface area contributed by atoms with Gasteiger partial charge in [-0.25, -0.2) is 4.79 Å². The predicted molar refractivity (Wildman–Crippen MR) is 101 cm³/mol. The summed E-state index contributed by atoms with van der Waals surface area (Å²) in [6, 6.07) is 0. The number of fused-ring (bicyclic) bond motifs is 1. The molecule has 4 aliphatic rings. The van der Waals surface area contributed by atoms with Crippen LogP contribution in [0.3, 0.4) is 0 Å². The topological polar surface area (TPSA) is 26.3 Å². The molecular formula is C23H20O2. The molecule has 0 radical (unpaired) electrons. The van der Waals surface area contributed by atoms with Crippen LogP contribution in [0.1, 0.15) is 12.8 Å². The maximum absolute atomic E-state index is 12.7. The number of hydrogen-bond acceptors (Lipinski definition) is 2. The lowest BCUT2D eigenvalue weighted by Gasteiger charge is -2.34. The van der Waals surface area contributed by atoms with Crippen LogP contribution in [0.25, 0.3) is 0 Å². The van der Waals surface area contributed by atoms with Gasteiger partial charge >= 0.3 is 5.97 Å². The van der Waals surface area contributed by atoms with E-state index in [1.54, 1.807) is 0 Å². The number of allylic oxidation sites excluding steroid dienone is 12. The van der Waals surface area contributed by atoms with Gasteiger partial charge in [0.1, 0.15) is 0 Å². The van der Waals surface area contributed by atoms with Crippen LogP contribution in [0.5, 0.6) is 0 Å². The molecule has 0 aromatic rings. The second-order valence-corrected chi connectivity index (χ2v) is 6.37. The Kier molecular flexibility index (Phi) is 4.10. The third-order valence-electron chi connectivity index (χ3n) is 4.88. The molecule has 0 aromatic carbocycles. The minimum absolute atomic E-state index is 0.153. The van der Waals surface area contributed by atoms with Gasteiger partial charge in [0.05, 0.1) is 5.92 Å². The maximum Gasteiger partial charge on any atom is 0.336 e. The molecular weight excluding hydrogens is 308 g/mol. The first-order chi connectivity index (χ1) is 12.3. The van der Waals surface area contributed by atoms with Gasteiger partial charge < -0.3 is 4.74 Å². The molecule has 0 saturated carbocycles. The lowest BCUT2D eigenvalue weighted by molar-refractivity contribution is -0.141. The maximum atomic E-state index is 12.7. The van der Waals surface area contributed by atoms with Crippen molar-refractivity contribution in [3.8, 4) is 0 Å². The van der Waals surface area contributed by atoms with Gasteiger partial charge in [-0.2, -0.15) is 0 Å². The Bertz CT molecular complexity index is 811. The monoisotopic (exact) mass is 328 g/mol. The summed E-state index contributed by atoms with van der Waals surface area (Å²) >= 11 is 0. The van der Waals surface area contributed by atoms with Crippen LogP contribution in [0.2, 0.25) is 0 Å². The van der Waals surface area contributed by atoms with Crippen molar-refractivity contribution in [1.29, 1.82) is 0 Å². The molecule has 2 nitrogen and oxygen atoms in total. The van der Waals surface area contributed by atoms with E-state index in [2.05, 4.69) is 54.7 Å². The second-order valence-electron chi connectivity index (χ2n) is 6.37. The molecule has 2 heteroatoms. The van der Waals surface area contributed by atoms with E-state index in [1.165, 1.54) is 0 Å². The molecule has 4 rings (SSSR count). The molecule has 1 saturated heterocycles. The average molecular weight is 328 g/mol. The van der Waals surface area contributed by atoms with Crippen LogP contribution in [-0.2, 0) is 9.53 Å². The highest BCUT2D eigenvalue weighted by Gasteiger charge is 2.54. The summed E-state index contributed by atoms with van der Waals surface area (Å²) < 4.78 is 6.14. The largest absolute Gasteiger partial charge is 0.445 e. The predicted octanol–water partition coefficient (Wildman–Crippen LogP) is 4.84. The van der Waals surface area contributed by atoms with Gasteiger partial charge in [-0.1, -0.05) is 91.1 Å². The van der Waals surface area contributed by atoms with Crippen molar-refractivity contribution in [2.75, 3.05) is 0 Å². The Morgan fingerprint density at radius 1 is 0.800 bits per heavy atom. The summed E-state index contributed by atoms with van der Waals surface area (Å²) in [4.78, 5) is 12.7. The van der Waals surface area contributed by atoms with E-state index in [4.69, 9.17) is 4.74 Å². The number of esters is 1. The molecule has 25 heavy (non-hydrogen) atoms. The highest BCUT2D eigenvalue weighted by molar-refractivity contribution is 5.95. The fourth-order valence-electron chi connectivity index (χ4n) is 3.72. The zero-order chi connectivity index (χ0) is 17.1. The number of carbonyl (C=O) groups is 1. The Balaban J connectivity index is 1.95. The Labute approximate surface area is 148 Å². The van der Waals surface area contributed by atoms with Gasteiger partial charge in [-0.15, -0.1) is 0 Å². The Morgan fingerprint density at radius 2 is 1.48 bits per heavy atom. The zero-order valence-electron chi connectivity index (χ0n) is 14.0. The van der Waals surface area contributed by atoms with Crippen molar-refractivity contribution in [1.82, 2.24) is 0 Å². The minimum atomic E-state index is -0.832. The van der Waals surface area contributed by atoms with Gasteiger partial charge in [0.2, 0.25) is 0 Å². The van der Waals surface area contributed by atoms with E-state index in [0.29, 0.717) is 5.57 Å². The van der Waals surface area contributed by atoms with Crippen molar-refractivity contribution >= 4 is 5.97 Å². The third kappa shape index (κ3) is 2.64. The van der Waals surface area contributed by atoms with Gasteiger partial charge in [0.15, 0.2) is 5.60 Å². The van der Waals surface area contributed by atoms with E-state index in [9.17, 15) is 4.79 Å². The second kappa shape index (κ2) is 6.56. The Morgan fingerprint density at radius 3 is 2.16 bits per heavy atom. The molecule has 0 bridgehead atoms. The quantitative estimate of drug-likeness (QED) is 0.678. The molecule has 1 fully saturated rings. The van der Waals surface area contributed by atoms with Crippen molar-refractivity contribution in [3.05, 3.63) is 108 Å². The van der Waals surface area contributed by atoms with Gasteiger partial charge in [-0.3, -0.25) is 0 Å². The SMILES string of the molecule is O=C1OC(C2=CC=CCC=C2)(C2=CC=CCC=C2)C2C=CC=CC=C12. The van der Waals surface area contributed by atoms with Crippen molar-refractivity contribution < 1.29 is 9.53 Å². The van der Waals surface area contributed by atoms with Crippen LogP contribution in [0.15, 0.2) is 108 Å². The Hall–Kier alpha value is -2.87. The zero-order valence-corrected chi connectivity index (χ0v) is 14.0. The molecule has 0 amide bonds. The van der Waals surface area contributed by atoms with Crippen LogP contribution in [0.4, 0.5) is 0 Å². The standard InChI is InChI=1S/C23H20O2/c24-22-20-16-10-5-11-17-21(20)23(25-22,18-12-6-1-2-7-13-18)19-14-8-3-4-9-15-19/h1,3,5-17,21H,2,4H2. The van der Waals surface area contributed by atoms with E-state index in [-0.39, 0.29) is 11.9 Å². The molecule has 1 unspecified atom stereocenters. The number of hydrogen-bond donors (Lipinski definition) is 0. The number of cyclic esters (lactones) is 1. The number of carbonyl (C=O) groups excluding carboxylic acids is 1. The van der Waals surface area contributed by atoms with E-state index < -0.39 is 5.60 Å². The average Bonchev–Trinajstić information content (AvgIpc) is 3.04. The molecule has 0 aromatic heterocycles. The van der Waals surface area contributed by atoms with Crippen molar-refractivity contribution in [2.24, 2.45) is 5.92 Å². The molecule has 124 valence electrons. The van der Waals surface area contributed by atoms with Crippen molar-refractivity contribution in [3.63, 3.8) is 0 Å². The fraction of sp³-hybridized carbons (Fsp3) is 0.174. The highest BCUT2D eigenvalue weighted by Crippen LogP contribution is 2.49. The van der Waals surface area contributed by atoms with Crippen LogP contribution in [0, 0.1) is 5.92 Å². The lowest BCUT2D eigenvalue weighted by atomic mass is 9.73. The summed E-state index contributed by atoms with van der Waals surface area (Å²) in [6.07, 6.45) is 32.4. The lowest BCUT2D eigenvalue weighted by Crippen LogP contribution is -2.38. The molecule has 1 aliphatic heterocycles. The van der Waals surface area contributed by atoms with Crippen molar-refractivity contribution in [2.45, 2.75) is 18.4 Å². The van der Waals surface area contributed by atoms with Gasteiger partial charge in [0.25, 0.3) is 0 Å². The molecule has 1 atom stereocenters. The summed E-state index contributed by atoms with van der Waals surface area (Å²) in [6.45, 7) is 0.